The predicted molar refractivity (Wildman–Crippen MR) is 132 cm³/mol. The van der Waals surface area contributed by atoms with Gasteiger partial charge in [0.2, 0.25) is 5.78 Å². The van der Waals surface area contributed by atoms with E-state index in [0.717, 1.165) is 42.8 Å². The van der Waals surface area contributed by atoms with Crippen molar-refractivity contribution in [2.45, 2.75) is 38.8 Å². The first-order valence-electron chi connectivity index (χ1n) is 11.5. The zero-order chi connectivity index (χ0) is 23.9. The normalized spacial score (nSPS) is 15.6. The molecule has 4 rings (SSSR count). The van der Waals surface area contributed by atoms with Gasteiger partial charge in [0.25, 0.3) is 0 Å². The maximum atomic E-state index is 13.1. The third kappa shape index (κ3) is 5.38. The number of nitrogens with zero attached hydrogens (tertiary/aromatic N) is 3. The lowest BCUT2D eigenvalue weighted by Gasteiger charge is -2.22. The molecule has 0 bridgehead atoms. The molecule has 1 unspecified atom stereocenters. The standard InChI is InChI=1S/C27H28N4O3/c1-2-3-7-17-31-26(25(32)21-9-5-4-6-10-21)29-23(30-31)18-19-12-14-20(15-13-19)24-22(27(33)34)11-8-16-28-24/h4-6,8-16,26H,2-3,7,17-18H2,1H3,(H,29,30)(H,33,34). The molecule has 1 atom stereocenters. The number of ketones is 1. The topological polar surface area (TPSA) is 94.9 Å². The van der Waals surface area contributed by atoms with Crippen molar-refractivity contribution < 1.29 is 14.7 Å². The highest BCUT2D eigenvalue weighted by molar-refractivity contribution is 6.02. The van der Waals surface area contributed by atoms with Crippen LogP contribution in [0.25, 0.3) is 11.3 Å². The van der Waals surface area contributed by atoms with Crippen molar-refractivity contribution in [2.75, 3.05) is 6.54 Å². The molecule has 0 fully saturated rings. The molecule has 7 nitrogen and oxygen atoms in total. The number of carbonyl (C=O) groups is 2. The minimum absolute atomic E-state index is 0.0219. The molecule has 0 aliphatic carbocycles. The molecule has 2 N–H and O–H groups in total. The molecular formula is C27H28N4O3. The number of pyridine rings is 1. The number of unbranched alkanes of at least 4 members (excludes halogenated alkanes) is 2. The molecule has 2 aromatic carbocycles. The van der Waals surface area contributed by atoms with Gasteiger partial charge in [0.15, 0.2) is 6.17 Å². The number of hydrazine groups is 1. The van der Waals surface area contributed by atoms with Gasteiger partial charge < -0.3 is 10.5 Å². The van der Waals surface area contributed by atoms with Crippen LogP contribution in [0.2, 0.25) is 0 Å². The highest BCUT2D eigenvalue weighted by atomic mass is 16.4. The Kier molecular flexibility index (Phi) is 7.44. The van der Waals surface area contributed by atoms with Gasteiger partial charge in [-0.25, -0.2) is 9.79 Å². The van der Waals surface area contributed by atoms with Gasteiger partial charge in [-0.3, -0.25) is 9.78 Å². The first kappa shape index (κ1) is 23.3. The van der Waals surface area contributed by atoms with Crippen molar-refractivity contribution in [1.82, 2.24) is 15.4 Å². The lowest BCUT2D eigenvalue weighted by atomic mass is 10.0. The molecule has 0 radical (unpaired) electrons. The highest BCUT2D eigenvalue weighted by Crippen LogP contribution is 2.23. The average Bonchev–Trinajstić information content (AvgIpc) is 3.27. The van der Waals surface area contributed by atoms with Crippen molar-refractivity contribution in [3.05, 3.63) is 89.6 Å². The van der Waals surface area contributed by atoms with Gasteiger partial charge in [0.1, 0.15) is 5.84 Å². The van der Waals surface area contributed by atoms with Crippen LogP contribution in [0.3, 0.4) is 0 Å². The second-order valence-corrected chi connectivity index (χ2v) is 8.27. The van der Waals surface area contributed by atoms with Crippen LogP contribution in [0.15, 0.2) is 77.9 Å². The maximum Gasteiger partial charge on any atom is 0.337 e. The summed E-state index contributed by atoms with van der Waals surface area (Å²) in [5.41, 5.74) is 6.34. The number of hydrogen-bond donors (Lipinski definition) is 2. The number of benzene rings is 2. The number of aliphatic imine (C=N–C) groups is 1. The number of carboxylic acids is 1. The highest BCUT2D eigenvalue weighted by Gasteiger charge is 2.32. The van der Waals surface area contributed by atoms with Gasteiger partial charge in [0, 0.05) is 30.3 Å². The monoisotopic (exact) mass is 456 g/mol. The van der Waals surface area contributed by atoms with E-state index < -0.39 is 12.1 Å². The molecule has 34 heavy (non-hydrogen) atoms. The van der Waals surface area contributed by atoms with Crippen molar-refractivity contribution in [1.29, 1.82) is 0 Å². The zero-order valence-corrected chi connectivity index (χ0v) is 19.1. The van der Waals surface area contributed by atoms with Crippen molar-refractivity contribution >= 4 is 17.6 Å². The molecule has 7 heteroatoms. The second kappa shape index (κ2) is 10.9. The number of rotatable bonds is 10. The van der Waals surface area contributed by atoms with E-state index in [9.17, 15) is 14.7 Å². The molecular weight excluding hydrogens is 428 g/mol. The van der Waals surface area contributed by atoms with E-state index in [4.69, 9.17) is 4.99 Å². The molecule has 174 valence electrons. The summed E-state index contributed by atoms with van der Waals surface area (Å²) < 4.78 is 0. The summed E-state index contributed by atoms with van der Waals surface area (Å²) in [4.78, 5) is 33.6. The first-order chi connectivity index (χ1) is 16.6. The predicted octanol–water partition coefficient (Wildman–Crippen LogP) is 4.61. The Morgan fingerprint density at radius 3 is 2.47 bits per heavy atom. The molecule has 1 aromatic heterocycles. The molecule has 2 heterocycles. The average molecular weight is 457 g/mol. The number of carboxylic acid groups (broad SMARTS) is 1. The summed E-state index contributed by atoms with van der Waals surface area (Å²) in [5, 5.41) is 11.4. The molecule has 0 spiro atoms. The summed E-state index contributed by atoms with van der Waals surface area (Å²) in [6.45, 7) is 2.89. The Balaban J connectivity index is 1.51. The van der Waals surface area contributed by atoms with Crippen LogP contribution < -0.4 is 5.43 Å². The summed E-state index contributed by atoms with van der Waals surface area (Å²) in [6, 6.07) is 20.0. The van der Waals surface area contributed by atoms with Crippen LogP contribution in [0.4, 0.5) is 0 Å². The van der Waals surface area contributed by atoms with Gasteiger partial charge in [-0.15, -0.1) is 0 Å². The van der Waals surface area contributed by atoms with E-state index in [1.54, 1.807) is 18.3 Å². The van der Waals surface area contributed by atoms with Gasteiger partial charge in [-0.05, 0) is 24.1 Å². The fourth-order valence-electron chi connectivity index (χ4n) is 4.00. The maximum absolute atomic E-state index is 13.1. The van der Waals surface area contributed by atoms with E-state index in [0.29, 0.717) is 17.7 Å². The number of Topliss-reactive ketones (excluding diaryl/α,β-unsaturated/α-hetero) is 1. The number of amidine groups is 1. The second-order valence-electron chi connectivity index (χ2n) is 8.27. The van der Waals surface area contributed by atoms with E-state index in [1.807, 2.05) is 59.6 Å². The van der Waals surface area contributed by atoms with Crippen LogP contribution in [0, 0.1) is 0 Å². The number of hydrogen-bond acceptors (Lipinski definition) is 6. The quantitative estimate of drug-likeness (QED) is 0.342. The summed E-state index contributed by atoms with van der Waals surface area (Å²) in [6.07, 6.45) is 4.72. The van der Waals surface area contributed by atoms with E-state index in [1.165, 1.54) is 0 Å². The van der Waals surface area contributed by atoms with Crippen LogP contribution >= 0.6 is 0 Å². The van der Waals surface area contributed by atoms with Crippen molar-refractivity contribution in [3.63, 3.8) is 0 Å². The fourth-order valence-corrected chi connectivity index (χ4v) is 4.00. The minimum Gasteiger partial charge on any atom is -0.478 e. The molecule has 1 aliphatic rings. The lowest BCUT2D eigenvalue weighted by Crippen LogP contribution is -2.45. The van der Waals surface area contributed by atoms with Crippen molar-refractivity contribution in [3.8, 4) is 11.3 Å². The molecule has 0 saturated carbocycles. The smallest absolute Gasteiger partial charge is 0.337 e. The van der Waals surface area contributed by atoms with Crippen LogP contribution in [0.5, 0.6) is 0 Å². The van der Waals surface area contributed by atoms with E-state index in [2.05, 4.69) is 17.3 Å². The summed E-state index contributed by atoms with van der Waals surface area (Å²) in [7, 11) is 0. The van der Waals surface area contributed by atoms with E-state index in [-0.39, 0.29) is 11.3 Å². The van der Waals surface area contributed by atoms with Gasteiger partial charge in [-0.1, -0.05) is 74.4 Å². The number of nitrogens with one attached hydrogen (secondary N) is 1. The van der Waals surface area contributed by atoms with Gasteiger partial charge >= 0.3 is 5.97 Å². The van der Waals surface area contributed by atoms with Crippen LogP contribution in [-0.2, 0) is 6.42 Å². The SMILES string of the molecule is CCCCCN1NC(Cc2ccc(-c3ncccc3C(=O)O)cc2)=NC1C(=O)c1ccccc1. The molecule has 3 aromatic rings. The molecule has 0 amide bonds. The Morgan fingerprint density at radius 1 is 1.00 bits per heavy atom. The number of carbonyl (C=O) groups excluding carboxylic acids is 1. The Morgan fingerprint density at radius 2 is 1.76 bits per heavy atom. The zero-order valence-electron chi connectivity index (χ0n) is 19.1. The number of aromatic carboxylic acids is 1. The third-order valence-electron chi connectivity index (χ3n) is 5.78. The largest absolute Gasteiger partial charge is 0.478 e. The Labute approximate surface area is 199 Å². The third-order valence-corrected chi connectivity index (χ3v) is 5.78. The molecule has 1 aliphatic heterocycles. The Bertz CT molecular complexity index is 1180. The van der Waals surface area contributed by atoms with Gasteiger partial charge in [-0.2, -0.15) is 5.01 Å². The summed E-state index contributed by atoms with van der Waals surface area (Å²) >= 11 is 0. The first-order valence-corrected chi connectivity index (χ1v) is 11.5. The lowest BCUT2D eigenvalue weighted by molar-refractivity contribution is 0.0696. The van der Waals surface area contributed by atoms with E-state index >= 15 is 0 Å². The van der Waals surface area contributed by atoms with Crippen LogP contribution in [0.1, 0.15) is 52.5 Å². The fraction of sp³-hybridized carbons (Fsp3) is 0.259. The van der Waals surface area contributed by atoms with Gasteiger partial charge in [0.05, 0.1) is 11.3 Å². The minimum atomic E-state index is -1.01. The Hall–Kier alpha value is -3.84. The summed E-state index contributed by atoms with van der Waals surface area (Å²) in [5.74, 6) is -0.289. The molecule has 0 saturated heterocycles. The number of aromatic nitrogens is 1. The van der Waals surface area contributed by atoms with Crippen LogP contribution in [-0.4, -0.2) is 45.4 Å². The van der Waals surface area contributed by atoms with Crippen molar-refractivity contribution in [2.24, 2.45) is 4.99 Å².